The van der Waals surface area contributed by atoms with Gasteiger partial charge in [0, 0.05) is 36.9 Å². The van der Waals surface area contributed by atoms with Gasteiger partial charge in [-0.25, -0.2) is 14.4 Å². The first kappa shape index (κ1) is 23.7. The van der Waals surface area contributed by atoms with E-state index >= 15 is 0 Å². The molecule has 3 heterocycles. The molecular weight excluding hydrogens is 445 g/mol. The lowest BCUT2D eigenvalue weighted by molar-refractivity contribution is -0.120. The maximum Gasteiger partial charge on any atom is 0.234 e. The van der Waals surface area contributed by atoms with Crippen molar-refractivity contribution in [2.45, 2.75) is 48.5 Å². The van der Waals surface area contributed by atoms with Gasteiger partial charge in [0.25, 0.3) is 0 Å². The SMILES string of the molecule is CNCCCNC(=O)C1Sc2ncnc(Nc3ccc(F)cc3OC3CCOCC3)c2C1C. The Morgan fingerprint density at radius 2 is 2.09 bits per heavy atom. The Morgan fingerprint density at radius 1 is 1.27 bits per heavy atom. The van der Waals surface area contributed by atoms with Gasteiger partial charge < -0.3 is 25.4 Å². The smallest absolute Gasteiger partial charge is 0.234 e. The van der Waals surface area contributed by atoms with E-state index in [0.717, 1.165) is 36.4 Å². The molecule has 3 N–H and O–H groups in total. The number of nitrogens with zero attached hydrogens (tertiary/aromatic N) is 2. The van der Waals surface area contributed by atoms with E-state index in [-0.39, 0.29) is 29.0 Å². The number of ether oxygens (including phenoxy) is 2. The van der Waals surface area contributed by atoms with E-state index in [1.165, 1.54) is 30.2 Å². The number of hydrogen-bond acceptors (Lipinski definition) is 8. The standard InChI is InChI=1S/C23H30FN5O3S/c1-14-19-21(27-13-28-23(19)33-20(14)22(30)26-9-3-8-25-2)29-17-5-4-15(24)12-18(17)32-16-6-10-31-11-7-16/h4-5,12-14,16,20,25H,3,6-11H2,1-2H3,(H,26,30)(H,27,28,29). The fourth-order valence-corrected chi connectivity index (χ4v) is 5.30. The number of nitrogens with one attached hydrogen (secondary N) is 3. The van der Waals surface area contributed by atoms with E-state index in [1.54, 1.807) is 6.07 Å². The molecule has 33 heavy (non-hydrogen) atoms. The lowest BCUT2D eigenvalue weighted by Gasteiger charge is -2.25. The Morgan fingerprint density at radius 3 is 2.88 bits per heavy atom. The van der Waals surface area contributed by atoms with Crippen LogP contribution in [0.25, 0.3) is 0 Å². The van der Waals surface area contributed by atoms with E-state index in [0.29, 0.717) is 37.0 Å². The number of amides is 1. The molecule has 2 aliphatic heterocycles. The van der Waals surface area contributed by atoms with Gasteiger partial charge in [-0.2, -0.15) is 0 Å². The molecule has 2 unspecified atom stereocenters. The third-order valence-electron chi connectivity index (χ3n) is 5.82. The zero-order valence-electron chi connectivity index (χ0n) is 18.9. The van der Waals surface area contributed by atoms with Crippen LogP contribution in [-0.2, 0) is 9.53 Å². The molecule has 10 heteroatoms. The predicted molar refractivity (Wildman–Crippen MR) is 126 cm³/mol. The van der Waals surface area contributed by atoms with Crippen LogP contribution in [0.1, 0.15) is 37.7 Å². The van der Waals surface area contributed by atoms with Crippen LogP contribution >= 0.6 is 11.8 Å². The molecule has 2 atom stereocenters. The minimum atomic E-state index is -0.366. The molecule has 2 aromatic rings. The number of rotatable bonds is 9. The maximum absolute atomic E-state index is 14.0. The molecule has 0 radical (unpaired) electrons. The van der Waals surface area contributed by atoms with Crippen molar-refractivity contribution < 1.29 is 18.7 Å². The molecule has 1 fully saturated rings. The van der Waals surface area contributed by atoms with Crippen molar-refractivity contribution >= 4 is 29.2 Å². The summed E-state index contributed by atoms with van der Waals surface area (Å²) in [6.45, 7) is 4.75. The van der Waals surface area contributed by atoms with Gasteiger partial charge in [-0.1, -0.05) is 18.7 Å². The summed E-state index contributed by atoms with van der Waals surface area (Å²) >= 11 is 1.45. The Kier molecular flexibility index (Phi) is 8.00. The Bertz CT molecular complexity index is 973. The van der Waals surface area contributed by atoms with E-state index in [2.05, 4.69) is 25.9 Å². The van der Waals surface area contributed by atoms with Crippen molar-refractivity contribution in [3.05, 3.63) is 35.9 Å². The van der Waals surface area contributed by atoms with E-state index in [1.807, 2.05) is 14.0 Å². The predicted octanol–water partition coefficient (Wildman–Crippen LogP) is 3.22. The number of benzene rings is 1. The van der Waals surface area contributed by atoms with Crippen LogP contribution in [0, 0.1) is 5.82 Å². The van der Waals surface area contributed by atoms with Crippen molar-refractivity contribution in [1.29, 1.82) is 0 Å². The molecule has 0 bridgehead atoms. The quantitative estimate of drug-likeness (QED) is 0.376. The van der Waals surface area contributed by atoms with Crippen LogP contribution in [0.4, 0.5) is 15.9 Å². The summed E-state index contributed by atoms with van der Waals surface area (Å²) in [5.74, 6) is 0.589. The lowest BCUT2D eigenvalue weighted by atomic mass is 9.99. The zero-order valence-corrected chi connectivity index (χ0v) is 19.7. The van der Waals surface area contributed by atoms with Gasteiger partial charge in [-0.3, -0.25) is 4.79 Å². The highest BCUT2D eigenvalue weighted by molar-refractivity contribution is 8.01. The second-order valence-electron chi connectivity index (χ2n) is 8.21. The maximum atomic E-state index is 14.0. The number of aromatic nitrogens is 2. The fraction of sp³-hybridized carbons (Fsp3) is 0.522. The number of carbonyl (C=O) groups is 1. The molecule has 178 valence electrons. The molecule has 0 saturated carbocycles. The average Bonchev–Trinajstić information content (AvgIpc) is 3.16. The van der Waals surface area contributed by atoms with Gasteiger partial charge in [-0.15, -0.1) is 0 Å². The van der Waals surface area contributed by atoms with Crippen molar-refractivity contribution in [2.24, 2.45) is 0 Å². The highest BCUT2D eigenvalue weighted by Crippen LogP contribution is 2.47. The van der Waals surface area contributed by atoms with Crippen LogP contribution in [0.3, 0.4) is 0 Å². The molecule has 0 aliphatic carbocycles. The number of anilines is 2. The van der Waals surface area contributed by atoms with Crippen molar-refractivity contribution in [1.82, 2.24) is 20.6 Å². The van der Waals surface area contributed by atoms with Gasteiger partial charge in [0.1, 0.15) is 34.8 Å². The first-order valence-electron chi connectivity index (χ1n) is 11.3. The molecular formula is C23H30FN5O3S. The number of carbonyl (C=O) groups excluding carboxylic acids is 1. The highest BCUT2D eigenvalue weighted by Gasteiger charge is 2.38. The van der Waals surface area contributed by atoms with Crippen LogP contribution < -0.4 is 20.7 Å². The molecule has 0 spiro atoms. The largest absolute Gasteiger partial charge is 0.488 e. The molecule has 2 aliphatic rings. The summed E-state index contributed by atoms with van der Waals surface area (Å²) in [6.07, 6.45) is 3.85. The van der Waals surface area contributed by atoms with E-state index < -0.39 is 0 Å². The summed E-state index contributed by atoms with van der Waals surface area (Å²) < 4.78 is 25.5. The van der Waals surface area contributed by atoms with Gasteiger partial charge in [-0.05, 0) is 32.1 Å². The number of fused-ring (bicyclic) bond motifs is 1. The fourth-order valence-electron chi connectivity index (χ4n) is 4.01. The molecule has 1 amide bonds. The Labute approximate surface area is 197 Å². The average molecular weight is 476 g/mol. The normalized spacial score (nSPS) is 20.3. The van der Waals surface area contributed by atoms with Crippen molar-refractivity contribution in [3.63, 3.8) is 0 Å². The molecule has 1 aromatic heterocycles. The van der Waals surface area contributed by atoms with Crippen molar-refractivity contribution in [2.75, 3.05) is 38.7 Å². The van der Waals surface area contributed by atoms with Gasteiger partial charge in [0.2, 0.25) is 5.91 Å². The Balaban J connectivity index is 1.50. The molecule has 8 nitrogen and oxygen atoms in total. The topological polar surface area (TPSA) is 97.4 Å². The highest BCUT2D eigenvalue weighted by atomic mass is 32.2. The van der Waals surface area contributed by atoms with Crippen LogP contribution in [-0.4, -0.2) is 60.6 Å². The van der Waals surface area contributed by atoms with Gasteiger partial charge >= 0.3 is 0 Å². The monoisotopic (exact) mass is 475 g/mol. The third-order valence-corrected chi connectivity index (χ3v) is 7.24. The van der Waals surface area contributed by atoms with E-state index in [4.69, 9.17) is 9.47 Å². The van der Waals surface area contributed by atoms with Crippen LogP contribution in [0.15, 0.2) is 29.6 Å². The molecule has 1 saturated heterocycles. The summed E-state index contributed by atoms with van der Waals surface area (Å²) in [5.41, 5.74) is 1.51. The van der Waals surface area contributed by atoms with Crippen LogP contribution in [0.5, 0.6) is 5.75 Å². The van der Waals surface area contributed by atoms with E-state index in [9.17, 15) is 9.18 Å². The first-order valence-corrected chi connectivity index (χ1v) is 12.2. The first-order chi connectivity index (χ1) is 16.1. The minimum Gasteiger partial charge on any atom is -0.488 e. The second kappa shape index (κ2) is 11.1. The molecule has 4 rings (SSSR count). The zero-order chi connectivity index (χ0) is 23.2. The summed E-state index contributed by atoms with van der Waals surface area (Å²) in [6, 6.07) is 4.43. The molecule has 1 aromatic carbocycles. The third kappa shape index (κ3) is 5.74. The number of halogens is 1. The Hall–Kier alpha value is -2.43. The van der Waals surface area contributed by atoms with Gasteiger partial charge in [0.15, 0.2) is 0 Å². The number of thioether (sulfide) groups is 1. The van der Waals surface area contributed by atoms with Gasteiger partial charge in [0.05, 0.1) is 24.2 Å². The lowest BCUT2D eigenvalue weighted by Crippen LogP contribution is -2.35. The van der Waals surface area contributed by atoms with Crippen LogP contribution in [0.2, 0.25) is 0 Å². The van der Waals surface area contributed by atoms with Crippen molar-refractivity contribution in [3.8, 4) is 5.75 Å². The summed E-state index contributed by atoms with van der Waals surface area (Å²) in [5, 5.41) is 9.90. The number of hydrogen-bond donors (Lipinski definition) is 3. The summed E-state index contributed by atoms with van der Waals surface area (Å²) in [7, 11) is 1.89. The summed E-state index contributed by atoms with van der Waals surface area (Å²) in [4.78, 5) is 21.6. The minimum absolute atomic E-state index is 0.00197. The second-order valence-corrected chi connectivity index (χ2v) is 9.34.